The molecular formula is C15H27ClN2O4S. The van der Waals surface area contributed by atoms with Crippen LogP contribution in [0.25, 0.3) is 0 Å². The minimum absolute atomic E-state index is 0. The molecule has 1 aromatic carbocycles. The largest absolute Gasteiger partial charge is 0.493 e. The van der Waals surface area contributed by atoms with Gasteiger partial charge < -0.3 is 15.2 Å². The van der Waals surface area contributed by atoms with Gasteiger partial charge in [0.2, 0.25) is 10.0 Å². The number of hydrogen-bond donors (Lipinski definition) is 2. The van der Waals surface area contributed by atoms with Gasteiger partial charge in [-0.25, -0.2) is 13.1 Å². The van der Waals surface area contributed by atoms with Gasteiger partial charge in [-0.2, -0.15) is 0 Å². The molecule has 0 aliphatic rings. The fourth-order valence-corrected chi connectivity index (χ4v) is 3.45. The normalized spacial score (nSPS) is 11.7. The zero-order valence-electron chi connectivity index (χ0n) is 14.3. The first-order chi connectivity index (χ1) is 10.2. The molecular weight excluding hydrogens is 340 g/mol. The third-order valence-electron chi connectivity index (χ3n) is 3.99. The van der Waals surface area contributed by atoms with Crippen LogP contribution in [0.3, 0.4) is 0 Å². The van der Waals surface area contributed by atoms with E-state index in [-0.39, 0.29) is 23.8 Å². The molecule has 0 aliphatic heterocycles. The van der Waals surface area contributed by atoms with Crippen molar-refractivity contribution in [1.29, 1.82) is 0 Å². The van der Waals surface area contributed by atoms with E-state index in [1.165, 1.54) is 20.3 Å². The molecule has 0 saturated heterocycles. The summed E-state index contributed by atoms with van der Waals surface area (Å²) in [6.45, 7) is 5.79. The van der Waals surface area contributed by atoms with Crippen LogP contribution in [0.5, 0.6) is 11.5 Å². The molecule has 6 nitrogen and oxygen atoms in total. The summed E-state index contributed by atoms with van der Waals surface area (Å²) >= 11 is 0. The van der Waals surface area contributed by atoms with Crippen LogP contribution >= 0.6 is 12.4 Å². The second-order valence-corrected chi connectivity index (χ2v) is 7.10. The number of aryl methyl sites for hydroxylation is 1. The number of halogens is 1. The van der Waals surface area contributed by atoms with Crippen molar-refractivity contribution in [2.45, 2.75) is 44.0 Å². The zero-order valence-corrected chi connectivity index (χ0v) is 15.9. The van der Waals surface area contributed by atoms with Crippen LogP contribution in [0, 0.1) is 6.92 Å². The van der Waals surface area contributed by atoms with Crippen molar-refractivity contribution in [3.8, 4) is 11.5 Å². The Labute approximate surface area is 145 Å². The van der Waals surface area contributed by atoms with Gasteiger partial charge in [0, 0.05) is 18.2 Å². The number of sulfonamides is 1. The number of nitrogens with one attached hydrogen (secondary N) is 1. The Bertz CT molecular complexity index is 616. The summed E-state index contributed by atoms with van der Waals surface area (Å²) < 4.78 is 38.0. The summed E-state index contributed by atoms with van der Waals surface area (Å²) in [6.07, 6.45) is 1.38. The van der Waals surface area contributed by atoms with E-state index in [4.69, 9.17) is 15.2 Å². The molecule has 1 rings (SSSR count). The van der Waals surface area contributed by atoms with E-state index < -0.39 is 15.6 Å². The summed E-state index contributed by atoms with van der Waals surface area (Å²) in [4.78, 5) is 0.166. The minimum Gasteiger partial charge on any atom is -0.493 e. The molecule has 0 atom stereocenters. The van der Waals surface area contributed by atoms with E-state index in [1.807, 2.05) is 13.8 Å². The predicted molar refractivity (Wildman–Crippen MR) is 94.2 cm³/mol. The highest BCUT2D eigenvalue weighted by Crippen LogP contribution is 2.32. The molecule has 8 heteroatoms. The maximum absolute atomic E-state index is 12.5. The molecule has 0 heterocycles. The Balaban J connectivity index is 0.00000484. The lowest BCUT2D eigenvalue weighted by Gasteiger charge is -2.27. The van der Waals surface area contributed by atoms with Gasteiger partial charge in [0.25, 0.3) is 0 Å². The Morgan fingerprint density at radius 3 is 2.04 bits per heavy atom. The number of hydrogen-bond acceptors (Lipinski definition) is 5. The number of rotatable bonds is 8. The first-order valence-electron chi connectivity index (χ1n) is 7.24. The van der Waals surface area contributed by atoms with Crippen molar-refractivity contribution in [3.05, 3.63) is 17.7 Å². The van der Waals surface area contributed by atoms with E-state index in [1.54, 1.807) is 13.0 Å². The molecule has 23 heavy (non-hydrogen) atoms. The monoisotopic (exact) mass is 366 g/mol. The summed E-state index contributed by atoms with van der Waals surface area (Å²) in [5.74, 6) is 0.868. The second kappa shape index (κ2) is 8.73. The maximum atomic E-state index is 12.5. The molecule has 0 saturated carbocycles. The van der Waals surface area contributed by atoms with Crippen LogP contribution in [-0.4, -0.2) is 34.7 Å². The highest BCUT2D eigenvalue weighted by Gasteiger charge is 2.26. The summed E-state index contributed by atoms with van der Waals surface area (Å²) in [5, 5.41) is 0. The van der Waals surface area contributed by atoms with Crippen molar-refractivity contribution in [2.24, 2.45) is 5.73 Å². The number of ether oxygens (including phenoxy) is 2. The molecule has 0 amide bonds. The quantitative estimate of drug-likeness (QED) is 0.736. The SMILES string of the molecule is CCC(N)(CC)CNS(=O)(=O)c1cc(OC)c(OC)cc1C.Cl. The van der Waals surface area contributed by atoms with Crippen LogP contribution in [0.1, 0.15) is 32.3 Å². The molecule has 0 aromatic heterocycles. The first kappa shape index (κ1) is 22.0. The van der Waals surface area contributed by atoms with Crippen LogP contribution < -0.4 is 19.9 Å². The summed E-state index contributed by atoms with van der Waals surface area (Å²) in [5.41, 5.74) is 6.19. The van der Waals surface area contributed by atoms with Gasteiger partial charge in [0.15, 0.2) is 11.5 Å². The van der Waals surface area contributed by atoms with Gasteiger partial charge in [0.05, 0.1) is 19.1 Å². The predicted octanol–water partition coefficient (Wildman–Crippen LogP) is 2.23. The molecule has 0 radical (unpaired) electrons. The Hall–Kier alpha value is -1.02. The fourth-order valence-electron chi connectivity index (χ4n) is 2.07. The smallest absolute Gasteiger partial charge is 0.241 e. The van der Waals surface area contributed by atoms with Crippen LogP contribution in [0.15, 0.2) is 17.0 Å². The topological polar surface area (TPSA) is 90.7 Å². The molecule has 3 N–H and O–H groups in total. The summed E-state index contributed by atoms with van der Waals surface area (Å²) in [7, 11) is -0.690. The van der Waals surface area contributed by atoms with Crippen molar-refractivity contribution >= 4 is 22.4 Å². The van der Waals surface area contributed by atoms with E-state index in [9.17, 15) is 8.42 Å². The number of benzene rings is 1. The van der Waals surface area contributed by atoms with E-state index >= 15 is 0 Å². The van der Waals surface area contributed by atoms with Crippen LogP contribution in [-0.2, 0) is 10.0 Å². The molecule has 1 aromatic rings. The average Bonchev–Trinajstić information content (AvgIpc) is 2.52. The molecule has 0 aliphatic carbocycles. The third-order valence-corrected chi connectivity index (χ3v) is 5.54. The Morgan fingerprint density at radius 1 is 1.13 bits per heavy atom. The standard InChI is InChI=1S/C15H26N2O4S.ClH/c1-6-15(16,7-2)10-17-22(18,19)14-9-13(21-5)12(20-4)8-11(14)3;/h8-9,17H,6-7,10,16H2,1-5H3;1H. The minimum atomic E-state index is -3.67. The maximum Gasteiger partial charge on any atom is 0.241 e. The van der Waals surface area contributed by atoms with Crippen molar-refractivity contribution in [1.82, 2.24) is 4.72 Å². The number of nitrogens with two attached hydrogens (primary N) is 1. The zero-order chi connectivity index (χ0) is 17.0. The van der Waals surface area contributed by atoms with Gasteiger partial charge in [-0.15, -0.1) is 12.4 Å². The molecule has 0 bridgehead atoms. The van der Waals surface area contributed by atoms with Gasteiger partial charge in [0.1, 0.15) is 0 Å². The number of methoxy groups -OCH3 is 2. The molecule has 0 unspecified atom stereocenters. The van der Waals surface area contributed by atoms with Gasteiger partial charge in [-0.05, 0) is 31.4 Å². The van der Waals surface area contributed by atoms with Crippen LogP contribution in [0.2, 0.25) is 0 Å². The molecule has 0 fully saturated rings. The third kappa shape index (κ3) is 5.24. The van der Waals surface area contributed by atoms with E-state index in [0.29, 0.717) is 29.9 Å². The second-order valence-electron chi connectivity index (χ2n) is 5.37. The van der Waals surface area contributed by atoms with Gasteiger partial charge in [-0.3, -0.25) is 0 Å². The Kier molecular flexibility index (Phi) is 8.34. The average molecular weight is 367 g/mol. The first-order valence-corrected chi connectivity index (χ1v) is 8.72. The van der Waals surface area contributed by atoms with E-state index in [0.717, 1.165) is 0 Å². The summed E-state index contributed by atoms with van der Waals surface area (Å²) in [6, 6.07) is 3.11. The highest BCUT2D eigenvalue weighted by atomic mass is 35.5. The van der Waals surface area contributed by atoms with Gasteiger partial charge >= 0.3 is 0 Å². The lowest BCUT2D eigenvalue weighted by molar-refractivity contribution is 0.353. The van der Waals surface area contributed by atoms with Gasteiger partial charge in [-0.1, -0.05) is 13.8 Å². The van der Waals surface area contributed by atoms with Crippen molar-refractivity contribution < 1.29 is 17.9 Å². The molecule has 134 valence electrons. The lowest BCUT2D eigenvalue weighted by Crippen LogP contribution is -2.49. The molecule has 0 spiro atoms. The highest BCUT2D eigenvalue weighted by molar-refractivity contribution is 7.89. The van der Waals surface area contributed by atoms with Crippen LogP contribution in [0.4, 0.5) is 0 Å². The lowest BCUT2D eigenvalue weighted by atomic mass is 9.95. The van der Waals surface area contributed by atoms with Crippen molar-refractivity contribution in [2.75, 3.05) is 20.8 Å². The fraction of sp³-hybridized carbons (Fsp3) is 0.600. The van der Waals surface area contributed by atoms with E-state index in [2.05, 4.69) is 4.72 Å². The van der Waals surface area contributed by atoms with Crippen molar-refractivity contribution in [3.63, 3.8) is 0 Å². The Morgan fingerprint density at radius 2 is 1.61 bits per heavy atom.